The van der Waals surface area contributed by atoms with Gasteiger partial charge in [0, 0.05) is 36.4 Å². The van der Waals surface area contributed by atoms with Crippen LogP contribution in [0.4, 0.5) is 23.7 Å². The number of urea groups is 1. The van der Waals surface area contributed by atoms with Crippen molar-refractivity contribution in [2.75, 3.05) is 18.4 Å². The minimum absolute atomic E-state index is 0.0201. The molecule has 0 saturated carbocycles. The molecule has 0 radical (unpaired) electrons. The molecule has 2 aromatic rings. The number of hydrogen-bond donors (Lipinski definition) is 2. The second-order valence-corrected chi connectivity index (χ2v) is 7.23. The maximum atomic E-state index is 12.8. The second-order valence-electron chi connectivity index (χ2n) is 6.82. The summed E-state index contributed by atoms with van der Waals surface area (Å²) in [6.45, 7) is 2.36. The minimum atomic E-state index is -4.44. The third-order valence-electron chi connectivity index (χ3n) is 4.72. The molecule has 2 N–H and O–H groups in total. The number of likely N-dealkylation sites (tertiary alicyclic amines) is 1. The monoisotopic (exact) mass is 411 g/mol. The van der Waals surface area contributed by atoms with Crippen molar-refractivity contribution in [2.45, 2.75) is 31.6 Å². The van der Waals surface area contributed by atoms with E-state index in [1.54, 1.807) is 0 Å². The van der Waals surface area contributed by atoms with Crippen molar-refractivity contribution in [2.24, 2.45) is 0 Å². The predicted molar refractivity (Wildman–Crippen MR) is 103 cm³/mol. The Hall–Kier alpha value is -2.25. The Labute approximate surface area is 166 Å². The first-order chi connectivity index (χ1) is 13.3. The van der Waals surface area contributed by atoms with Gasteiger partial charge in [0.05, 0.1) is 5.56 Å². The third kappa shape index (κ3) is 5.62. The van der Waals surface area contributed by atoms with E-state index in [-0.39, 0.29) is 11.7 Å². The molecule has 1 aliphatic heterocycles. The normalized spacial score (nSPS) is 16.0. The maximum absolute atomic E-state index is 12.8. The summed E-state index contributed by atoms with van der Waals surface area (Å²) in [5, 5.41) is 6.06. The summed E-state index contributed by atoms with van der Waals surface area (Å²) in [5.74, 6) is 0. The molecule has 1 heterocycles. The van der Waals surface area contributed by atoms with Crippen molar-refractivity contribution in [3.05, 3.63) is 64.7 Å². The van der Waals surface area contributed by atoms with Gasteiger partial charge in [-0.05, 0) is 42.7 Å². The third-order valence-corrected chi connectivity index (χ3v) is 5.09. The summed E-state index contributed by atoms with van der Waals surface area (Å²) in [7, 11) is 0. The lowest BCUT2D eigenvalue weighted by Crippen LogP contribution is -2.45. The van der Waals surface area contributed by atoms with Gasteiger partial charge in [-0.15, -0.1) is 0 Å². The molecular formula is C20H21ClF3N3O. The Balaban J connectivity index is 1.47. The lowest BCUT2D eigenvalue weighted by atomic mass is 10.0. The molecule has 0 aliphatic carbocycles. The number of benzene rings is 2. The average molecular weight is 412 g/mol. The number of hydrogen-bond acceptors (Lipinski definition) is 2. The molecule has 2 aromatic carbocycles. The van der Waals surface area contributed by atoms with Crippen LogP contribution in [-0.4, -0.2) is 30.1 Å². The average Bonchev–Trinajstić information content (AvgIpc) is 2.65. The van der Waals surface area contributed by atoms with Gasteiger partial charge < -0.3 is 10.6 Å². The SMILES string of the molecule is O=C(Nc1cccc(C(F)(F)F)c1)NC1CCN(Cc2ccccc2Cl)CC1. The van der Waals surface area contributed by atoms with E-state index in [2.05, 4.69) is 15.5 Å². The number of carbonyl (C=O) groups excluding carboxylic acids is 1. The zero-order valence-corrected chi connectivity index (χ0v) is 15.9. The first kappa shape index (κ1) is 20.5. The summed E-state index contributed by atoms with van der Waals surface area (Å²) >= 11 is 6.19. The van der Waals surface area contributed by atoms with E-state index in [1.165, 1.54) is 12.1 Å². The standard InChI is InChI=1S/C20H21ClF3N3O/c21-18-7-2-1-4-14(18)13-27-10-8-16(9-11-27)25-19(28)26-17-6-3-5-15(12-17)20(22,23)24/h1-7,12,16H,8-11,13H2,(H2,25,26,28). The van der Waals surface area contributed by atoms with E-state index >= 15 is 0 Å². The fourth-order valence-electron chi connectivity index (χ4n) is 3.23. The largest absolute Gasteiger partial charge is 0.416 e. The molecule has 1 fully saturated rings. The van der Waals surface area contributed by atoms with Crippen LogP contribution in [0.2, 0.25) is 5.02 Å². The molecule has 0 bridgehead atoms. The topological polar surface area (TPSA) is 44.4 Å². The molecule has 0 aromatic heterocycles. The number of carbonyl (C=O) groups is 1. The van der Waals surface area contributed by atoms with E-state index in [9.17, 15) is 18.0 Å². The molecule has 28 heavy (non-hydrogen) atoms. The van der Waals surface area contributed by atoms with Crippen molar-refractivity contribution < 1.29 is 18.0 Å². The van der Waals surface area contributed by atoms with Crippen LogP contribution in [0.25, 0.3) is 0 Å². The Kier molecular flexibility index (Phi) is 6.46. The summed E-state index contributed by atoms with van der Waals surface area (Å²) in [4.78, 5) is 14.4. The number of anilines is 1. The van der Waals surface area contributed by atoms with Gasteiger partial charge in [0.25, 0.3) is 0 Å². The maximum Gasteiger partial charge on any atom is 0.416 e. The highest BCUT2D eigenvalue weighted by molar-refractivity contribution is 6.31. The van der Waals surface area contributed by atoms with Crippen molar-refractivity contribution >= 4 is 23.3 Å². The lowest BCUT2D eigenvalue weighted by Gasteiger charge is -2.32. The van der Waals surface area contributed by atoms with Crippen LogP contribution < -0.4 is 10.6 Å². The van der Waals surface area contributed by atoms with Gasteiger partial charge >= 0.3 is 12.2 Å². The van der Waals surface area contributed by atoms with Crippen molar-refractivity contribution in [3.8, 4) is 0 Å². The minimum Gasteiger partial charge on any atom is -0.335 e. The molecular weight excluding hydrogens is 391 g/mol. The number of halogens is 4. The van der Waals surface area contributed by atoms with E-state index < -0.39 is 17.8 Å². The Morgan fingerprint density at radius 3 is 2.50 bits per heavy atom. The fourth-order valence-corrected chi connectivity index (χ4v) is 3.42. The smallest absolute Gasteiger partial charge is 0.335 e. The number of alkyl halides is 3. The van der Waals surface area contributed by atoms with Gasteiger partial charge in [-0.3, -0.25) is 4.90 Å². The van der Waals surface area contributed by atoms with E-state index in [4.69, 9.17) is 11.6 Å². The molecule has 0 atom stereocenters. The molecule has 8 heteroatoms. The highest BCUT2D eigenvalue weighted by Gasteiger charge is 2.30. The molecule has 0 unspecified atom stereocenters. The van der Waals surface area contributed by atoms with Crippen LogP contribution >= 0.6 is 11.6 Å². The molecule has 0 spiro atoms. The highest BCUT2D eigenvalue weighted by Crippen LogP contribution is 2.30. The summed E-state index contributed by atoms with van der Waals surface area (Å²) in [6, 6.07) is 11.8. The molecule has 2 amide bonds. The second kappa shape index (κ2) is 8.84. The molecule has 4 nitrogen and oxygen atoms in total. The molecule has 1 aliphatic rings. The Morgan fingerprint density at radius 2 is 1.82 bits per heavy atom. The van der Waals surface area contributed by atoms with Crippen molar-refractivity contribution in [1.29, 1.82) is 0 Å². The number of amides is 2. The summed E-state index contributed by atoms with van der Waals surface area (Å²) in [5.41, 5.74) is 0.388. The summed E-state index contributed by atoms with van der Waals surface area (Å²) < 4.78 is 38.3. The van der Waals surface area contributed by atoms with Crippen molar-refractivity contribution in [3.63, 3.8) is 0 Å². The van der Waals surface area contributed by atoms with E-state index in [0.29, 0.717) is 0 Å². The molecule has 1 saturated heterocycles. The number of piperidine rings is 1. The zero-order chi connectivity index (χ0) is 20.1. The quantitative estimate of drug-likeness (QED) is 0.731. The van der Waals surface area contributed by atoms with E-state index in [0.717, 1.165) is 55.2 Å². The first-order valence-corrected chi connectivity index (χ1v) is 9.39. The van der Waals surface area contributed by atoms with Gasteiger partial charge in [-0.2, -0.15) is 13.2 Å². The Morgan fingerprint density at radius 1 is 1.11 bits per heavy atom. The van der Waals surface area contributed by atoms with E-state index in [1.807, 2.05) is 24.3 Å². The fraction of sp³-hybridized carbons (Fsp3) is 0.350. The van der Waals surface area contributed by atoms with Crippen LogP contribution in [0, 0.1) is 0 Å². The lowest BCUT2D eigenvalue weighted by molar-refractivity contribution is -0.137. The Bertz CT molecular complexity index is 820. The van der Waals surface area contributed by atoms with Crippen LogP contribution in [0.1, 0.15) is 24.0 Å². The molecule has 150 valence electrons. The van der Waals surface area contributed by atoms with Gasteiger partial charge in [0.15, 0.2) is 0 Å². The van der Waals surface area contributed by atoms with Crippen LogP contribution in [0.5, 0.6) is 0 Å². The van der Waals surface area contributed by atoms with Gasteiger partial charge in [-0.1, -0.05) is 35.9 Å². The predicted octanol–water partition coefficient (Wildman–Crippen LogP) is 5.14. The van der Waals surface area contributed by atoms with Gasteiger partial charge in [0.2, 0.25) is 0 Å². The number of nitrogens with one attached hydrogen (secondary N) is 2. The first-order valence-electron chi connectivity index (χ1n) is 9.02. The van der Waals surface area contributed by atoms with Crippen molar-refractivity contribution in [1.82, 2.24) is 10.2 Å². The molecule has 3 rings (SSSR count). The summed E-state index contributed by atoms with van der Waals surface area (Å²) in [6.07, 6.45) is -2.91. The number of rotatable bonds is 4. The highest BCUT2D eigenvalue weighted by atomic mass is 35.5. The van der Waals surface area contributed by atoms with Gasteiger partial charge in [0.1, 0.15) is 0 Å². The van der Waals surface area contributed by atoms with Crippen LogP contribution in [0.3, 0.4) is 0 Å². The van der Waals surface area contributed by atoms with Gasteiger partial charge in [-0.25, -0.2) is 4.79 Å². The number of nitrogens with zero attached hydrogens (tertiary/aromatic N) is 1. The van der Waals surface area contributed by atoms with Crippen LogP contribution in [0.15, 0.2) is 48.5 Å². The van der Waals surface area contributed by atoms with Crippen LogP contribution in [-0.2, 0) is 12.7 Å². The zero-order valence-electron chi connectivity index (χ0n) is 15.1.